The average molecular weight is 1320 g/mol. The van der Waals surface area contributed by atoms with E-state index in [0.717, 1.165) is 68.8 Å². The van der Waals surface area contributed by atoms with E-state index in [4.69, 9.17) is 7.85 Å². The number of hydrogen-bond acceptors (Lipinski definition) is 8. The van der Waals surface area contributed by atoms with Crippen molar-refractivity contribution in [3.05, 3.63) is 211 Å². The van der Waals surface area contributed by atoms with Crippen LogP contribution in [0.15, 0.2) is 175 Å². The molecule has 352 valence electrons. The minimum Gasteiger partial charge on any atom is -0.477 e. The Hall–Kier alpha value is -5.56. The molecule has 10 rings (SSSR count). The standard InChI is InChI=1S/C27H24N4.C17H11BrN4.C10H13B.2Ir.2H2O/c1-20(2)17-21-9-6-7-14-25(21)22-10-8-13-24(18-22)31-19-30(23-11-4-3-5-12-23)26-27(31)29-16-15-28-26;18-13-5-4-8-15(11-13)22-12-21(14-6-2-1-3-7-14)16-17(22)20-10-9-19-16;1-8(2)7-9-5-3-4-6-10(9)11;;;;/h3-12,14-16,18-20H,17H2,1-2H3;1-7,9-12H;3-6,8H,7H2,1-2H3;;;2*1H2/q2*-2;;;;;. The van der Waals surface area contributed by atoms with Gasteiger partial charge in [-0.15, -0.1) is 42.4 Å². The predicted molar refractivity (Wildman–Crippen MR) is 274 cm³/mol. The molecule has 0 amide bonds. The Morgan fingerprint density at radius 3 is 1.41 bits per heavy atom. The van der Waals surface area contributed by atoms with Gasteiger partial charge in [0.25, 0.3) is 0 Å². The normalized spacial score (nSPS) is 11.9. The molecule has 10 nitrogen and oxygen atoms in total. The van der Waals surface area contributed by atoms with E-state index < -0.39 is 0 Å². The first-order chi connectivity index (χ1) is 31.2. The van der Waals surface area contributed by atoms with Crippen molar-refractivity contribution in [3.8, 4) is 11.1 Å². The van der Waals surface area contributed by atoms with Crippen LogP contribution in [-0.4, -0.2) is 38.7 Å². The molecule has 0 unspecified atom stereocenters. The van der Waals surface area contributed by atoms with Crippen LogP contribution in [0.5, 0.6) is 0 Å². The van der Waals surface area contributed by atoms with Crippen LogP contribution in [0.3, 0.4) is 0 Å². The van der Waals surface area contributed by atoms with Crippen LogP contribution < -0.4 is 25.1 Å². The summed E-state index contributed by atoms with van der Waals surface area (Å²) < 4.78 is 0.998. The third-order valence-electron chi connectivity index (χ3n) is 10.5. The molecule has 8 aromatic rings. The van der Waals surface area contributed by atoms with E-state index in [0.29, 0.717) is 11.8 Å². The Labute approximate surface area is 437 Å². The number of aromatic nitrogens is 4. The van der Waals surface area contributed by atoms with E-state index in [9.17, 15) is 0 Å². The first-order valence-electron chi connectivity index (χ1n) is 21.4. The molecule has 2 aliphatic heterocycles. The van der Waals surface area contributed by atoms with E-state index >= 15 is 0 Å². The molecule has 0 aliphatic carbocycles. The Balaban J connectivity index is 0.000000239. The zero-order valence-corrected chi connectivity index (χ0v) is 44.5. The summed E-state index contributed by atoms with van der Waals surface area (Å²) in [5.74, 6) is 4.50. The Bertz CT molecular complexity index is 2790. The van der Waals surface area contributed by atoms with Crippen molar-refractivity contribution >= 4 is 75.3 Å². The molecule has 0 saturated carbocycles. The summed E-state index contributed by atoms with van der Waals surface area (Å²) in [6, 6.07) is 55.8. The molecule has 4 heterocycles. The molecule has 2 aromatic heterocycles. The van der Waals surface area contributed by atoms with Crippen LogP contribution in [-0.2, 0) is 53.1 Å². The van der Waals surface area contributed by atoms with Gasteiger partial charge in [0.15, 0.2) is 0 Å². The molecule has 0 bridgehead atoms. The predicted octanol–water partition coefficient (Wildman–Crippen LogP) is 11.0. The van der Waals surface area contributed by atoms with Gasteiger partial charge in [0.1, 0.15) is 31.1 Å². The van der Waals surface area contributed by atoms with Gasteiger partial charge in [-0.3, -0.25) is 0 Å². The molecule has 0 spiro atoms. The Kier molecular flexibility index (Phi) is 21.3. The number of anilines is 8. The zero-order chi connectivity index (χ0) is 44.4. The molecule has 14 heteroatoms. The van der Waals surface area contributed by atoms with Crippen LogP contribution in [0, 0.1) is 37.3 Å². The fourth-order valence-corrected chi connectivity index (χ4v) is 7.94. The summed E-state index contributed by atoms with van der Waals surface area (Å²) in [7, 11) is 5.77. The molecule has 4 N–H and O–H groups in total. The minimum absolute atomic E-state index is 0. The number of hydrogen-bond donors (Lipinski definition) is 0. The first-order valence-corrected chi connectivity index (χ1v) is 22.2. The molecule has 68 heavy (non-hydrogen) atoms. The molecular weight excluding hydrogens is 1270 g/mol. The summed E-state index contributed by atoms with van der Waals surface area (Å²) in [6.07, 6.45) is 9.00. The van der Waals surface area contributed by atoms with Gasteiger partial charge in [-0.05, 0) is 60.1 Å². The quantitative estimate of drug-likeness (QED) is 0.103. The monoisotopic (exact) mass is 1320 g/mol. The second kappa shape index (κ2) is 26.3. The van der Waals surface area contributed by atoms with Crippen molar-refractivity contribution in [1.29, 1.82) is 0 Å². The summed E-state index contributed by atoms with van der Waals surface area (Å²) in [6.45, 7) is 12.9. The van der Waals surface area contributed by atoms with Gasteiger partial charge in [0.2, 0.25) is 0 Å². The topological polar surface area (TPSA) is 128 Å². The summed E-state index contributed by atoms with van der Waals surface area (Å²) in [5, 5.41) is 0. The van der Waals surface area contributed by atoms with Crippen LogP contribution in [0.4, 0.5) is 46.0 Å². The van der Waals surface area contributed by atoms with Crippen molar-refractivity contribution < 1.29 is 51.2 Å². The summed E-state index contributed by atoms with van der Waals surface area (Å²) >= 11 is 3.50. The van der Waals surface area contributed by atoms with Crippen LogP contribution in [0.2, 0.25) is 0 Å². The number of nitrogens with zero attached hydrogens (tertiary/aromatic N) is 8. The van der Waals surface area contributed by atoms with E-state index in [1.165, 1.54) is 22.3 Å². The van der Waals surface area contributed by atoms with Crippen molar-refractivity contribution in [2.45, 2.75) is 40.5 Å². The maximum absolute atomic E-state index is 5.77. The van der Waals surface area contributed by atoms with Crippen molar-refractivity contribution in [1.82, 2.24) is 19.9 Å². The average Bonchev–Trinajstić information content (AvgIpc) is 3.91. The fourth-order valence-electron chi connectivity index (χ4n) is 7.59. The minimum atomic E-state index is 0. The zero-order valence-electron chi connectivity index (χ0n) is 38.1. The fraction of sp³-hybridized carbons (Fsp3) is 0.148. The van der Waals surface area contributed by atoms with Gasteiger partial charge >= 0.3 is 0 Å². The van der Waals surface area contributed by atoms with Gasteiger partial charge in [0, 0.05) is 76.4 Å². The SMILES string of the molecule is Brc1cc[c-]c(N2[CH-]N(c3ccccc3)c3nccnc32)c1.CC(C)Cc1ccccc1-c1cc[c-]c(N2[CH-]N(c3ccccc3)c3nccnc32)c1.O.O.[B]c1ccccc1CC(C)C.[Ir].[Ir]. The maximum atomic E-state index is 5.77. The van der Waals surface area contributed by atoms with Gasteiger partial charge in [-0.1, -0.05) is 144 Å². The molecular formula is C54H52BBrIr2N8O2-4. The number of benzene rings is 6. The first kappa shape index (κ1) is 55.0. The van der Waals surface area contributed by atoms with Gasteiger partial charge < -0.3 is 30.6 Å². The van der Waals surface area contributed by atoms with Gasteiger partial charge in [-0.2, -0.15) is 36.4 Å². The third-order valence-corrected chi connectivity index (χ3v) is 11.0. The van der Waals surface area contributed by atoms with E-state index in [1.807, 2.05) is 114 Å². The number of halogens is 1. The summed E-state index contributed by atoms with van der Waals surface area (Å²) in [5.41, 5.74) is 9.94. The van der Waals surface area contributed by atoms with Crippen LogP contribution in [0.1, 0.15) is 38.8 Å². The molecule has 0 atom stereocenters. The second-order valence-corrected chi connectivity index (χ2v) is 17.1. The van der Waals surface area contributed by atoms with E-state index in [1.54, 1.807) is 24.8 Å². The largest absolute Gasteiger partial charge is 0.477 e. The smallest absolute Gasteiger partial charge is 0.145 e. The van der Waals surface area contributed by atoms with E-state index in [2.05, 4.69) is 140 Å². The van der Waals surface area contributed by atoms with Gasteiger partial charge in [-0.25, -0.2) is 19.9 Å². The summed E-state index contributed by atoms with van der Waals surface area (Å²) in [4.78, 5) is 26.3. The molecule has 0 fully saturated rings. The van der Waals surface area contributed by atoms with Crippen molar-refractivity contribution in [2.24, 2.45) is 11.8 Å². The third kappa shape index (κ3) is 13.4. The Morgan fingerprint density at radius 2 is 0.926 bits per heavy atom. The van der Waals surface area contributed by atoms with Crippen molar-refractivity contribution in [3.63, 3.8) is 0 Å². The molecule has 4 radical (unpaired) electrons. The van der Waals surface area contributed by atoms with Crippen LogP contribution in [0.25, 0.3) is 11.1 Å². The van der Waals surface area contributed by atoms with Crippen molar-refractivity contribution in [2.75, 3.05) is 19.6 Å². The van der Waals surface area contributed by atoms with Gasteiger partial charge in [0.05, 0.1) is 0 Å². The molecule has 0 saturated heterocycles. The number of rotatable bonds is 9. The number of para-hydroxylation sites is 2. The molecule has 6 aromatic carbocycles. The molecule has 2 aliphatic rings. The Morgan fingerprint density at radius 1 is 0.515 bits per heavy atom. The number of fused-ring (bicyclic) bond motifs is 2. The second-order valence-electron chi connectivity index (χ2n) is 16.2. The maximum Gasteiger partial charge on any atom is 0.145 e. The van der Waals surface area contributed by atoms with E-state index in [-0.39, 0.29) is 51.2 Å². The van der Waals surface area contributed by atoms with Crippen LogP contribution >= 0.6 is 15.9 Å².